The van der Waals surface area contributed by atoms with Crippen molar-refractivity contribution in [2.75, 3.05) is 42.7 Å². The van der Waals surface area contributed by atoms with Crippen LogP contribution in [0.25, 0.3) is 0 Å². The van der Waals surface area contributed by atoms with E-state index in [4.69, 9.17) is 26.6 Å². The molecule has 0 radical (unpaired) electrons. The molecule has 0 aromatic rings. The highest BCUT2D eigenvalue weighted by atomic mass is 28.4. The summed E-state index contributed by atoms with van der Waals surface area (Å²) >= 11 is 0. The fourth-order valence-electron chi connectivity index (χ4n) is 1.73. The summed E-state index contributed by atoms with van der Waals surface area (Å²) < 4.78 is 32.6. The first kappa shape index (κ1) is 17.9. The van der Waals surface area contributed by atoms with Crippen molar-refractivity contribution in [3.63, 3.8) is 0 Å². The quantitative estimate of drug-likeness (QED) is 0.597. The summed E-state index contributed by atoms with van der Waals surface area (Å²) in [5.74, 6) is 0. The Balaban J connectivity index is 5.22. The van der Waals surface area contributed by atoms with E-state index in [1.54, 1.807) is 42.7 Å². The Kier molecular flexibility index (Phi) is 8.14. The van der Waals surface area contributed by atoms with Crippen LogP contribution in [0.2, 0.25) is 6.04 Å². The van der Waals surface area contributed by atoms with Crippen LogP contribution in [0.1, 0.15) is 6.92 Å². The van der Waals surface area contributed by atoms with Crippen molar-refractivity contribution in [3.8, 4) is 0 Å². The van der Waals surface area contributed by atoms with E-state index in [0.717, 1.165) is 5.20 Å². The summed E-state index contributed by atoms with van der Waals surface area (Å²) in [7, 11) is 3.83. The van der Waals surface area contributed by atoms with Gasteiger partial charge in [0, 0.05) is 53.9 Å². The van der Waals surface area contributed by atoms with Gasteiger partial charge in [0.15, 0.2) is 0 Å². The van der Waals surface area contributed by atoms with E-state index in [2.05, 4.69) is 0 Å². The molecule has 0 N–H and O–H groups in total. The molecule has 0 aliphatic heterocycles. The van der Waals surface area contributed by atoms with E-state index in [1.807, 2.05) is 13.0 Å². The third kappa shape index (κ3) is 3.71. The summed E-state index contributed by atoms with van der Waals surface area (Å²) in [4.78, 5) is 0. The predicted octanol–water partition coefficient (Wildman–Crippen LogP) is 1.23. The maximum atomic E-state index is 5.45. The molecule has 0 aromatic heterocycles. The average Bonchev–Trinajstić information content (AvgIpc) is 2.45. The van der Waals surface area contributed by atoms with Crippen molar-refractivity contribution >= 4 is 17.6 Å². The molecular weight excluding hydrogens is 272 g/mol. The average molecular weight is 296 g/mol. The fraction of sp³-hybridized carbons (Fsp3) is 0.800. The lowest BCUT2D eigenvalue weighted by molar-refractivity contribution is 0.118. The minimum atomic E-state index is -2.85. The van der Waals surface area contributed by atoms with Gasteiger partial charge in [0.25, 0.3) is 0 Å². The van der Waals surface area contributed by atoms with Crippen LogP contribution in [0, 0.1) is 0 Å². The van der Waals surface area contributed by atoms with Gasteiger partial charge >= 0.3 is 17.6 Å². The van der Waals surface area contributed by atoms with Crippen LogP contribution in [0.4, 0.5) is 0 Å². The summed E-state index contributed by atoms with van der Waals surface area (Å²) in [6, 6.07) is 0.467. The molecule has 18 heavy (non-hydrogen) atoms. The van der Waals surface area contributed by atoms with Crippen molar-refractivity contribution in [2.24, 2.45) is 0 Å². The summed E-state index contributed by atoms with van der Waals surface area (Å²) in [5.41, 5.74) is 0. The van der Waals surface area contributed by atoms with Crippen LogP contribution in [-0.2, 0) is 26.6 Å². The minimum Gasteiger partial charge on any atom is -0.377 e. The Bertz CT molecular complexity index is 247. The highest BCUT2D eigenvalue weighted by Gasteiger charge is 2.49. The van der Waals surface area contributed by atoms with Crippen LogP contribution in [0.15, 0.2) is 11.3 Å². The molecular formula is C10H24O6Si2. The van der Waals surface area contributed by atoms with E-state index >= 15 is 0 Å². The highest BCUT2D eigenvalue weighted by molar-refractivity contribution is 6.73. The second kappa shape index (κ2) is 8.17. The first-order valence-corrected chi connectivity index (χ1v) is 9.15. The third-order valence-electron chi connectivity index (χ3n) is 2.89. The minimum absolute atomic E-state index is 0.467. The molecule has 0 atom stereocenters. The smallest absolute Gasteiger partial charge is 0.377 e. The van der Waals surface area contributed by atoms with Gasteiger partial charge in [-0.05, 0) is 6.92 Å². The van der Waals surface area contributed by atoms with Gasteiger partial charge in [-0.3, -0.25) is 0 Å². The SMILES string of the molecule is CC=C(C[Si](OC)(OC)OC)[Si](OC)(OC)OC. The van der Waals surface area contributed by atoms with Crippen LogP contribution in [0.3, 0.4) is 0 Å². The van der Waals surface area contributed by atoms with Gasteiger partial charge in [-0.25, -0.2) is 0 Å². The molecule has 0 heterocycles. The molecule has 0 unspecified atom stereocenters. The van der Waals surface area contributed by atoms with Gasteiger partial charge < -0.3 is 26.6 Å². The molecule has 0 aliphatic rings. The normalized spacial score (nSPS) is 14.1. The molecule has 0 saturated carbocycles. The standard InChI is InChI=1S/C10H24O6Si2/c1-8-10(18(14-5,15-6)16-7)9-17(11-2,12-3)13-4/h8H,9H2,1-7H3. The first-order valence-electron chi connectivity index (χ1n) is 5.50. The molecule has 8 heteroatoms. The Morgan fingerprint density at radius 2 is 1.17 bits per heavy atom. The maximum absolute atomic E-state index is 5.45. The largest absolute Gasteiger partial charge is 0.531 e. The van der Waals surface area contributed by atoms with Crippen molar-refractivity contribution in [2.45, 2.75) is 13.0 Å². The fourth-order valence-corrected chi connectivity index (χ4v) is 6.49. The Morgan fingerprint density at radius 3 is 1.39 bits per heavy atom. The van der Waals surface area contributed by atoms with Gasteiger partial charge in [0.2, 0.25) is 0 Å². The summed E-state index contributed by atoms with van der Waals surface area (Å²) in [6.45, 7) is 1.90. The van der Waals surface area contributed by atoms with E-state index in [0.29, 0.717) is 6.04 Å². The maximum Gasteiger partial charge on any atom is 0.531 e. The zero-order chi connectivity index (χ0) is 14.2. The number of rotatable bonds is 9. The van der Waals surface area contributed by atoms with Gasteiger partial charge in [0.1, 0.15) is 0 Å². The summed E-state index contributed by atoms with van der Waals surface area (Å²) in [5, 5.41) is 0.882. The molecule has 108 valence electrons. The van der Waals surface area contributed by atoms with Crippen LogP contribution < -0.4 is 0 Å². The second-order valence-electron chi connectivity index (χ2n) is 3.45. The van der Waals surface area contributed by atoms with Gasteiger partial charge in [-0.15, -0.1) is 0 Å². The molecule has 0 bridgehead atoms. The Hall–Kier alpha value is -0.0662. The molecule has 6 nitrogen and oxygen atoms in total. The van der Waals surface area contributed by atoms with Gasteiger partial charge in [-0.1, -0.05) is 6.08 Å². The molecule has 0 saturated heterocycles. The second-order valence-corrected chi connectivity index (χ2v) is 9.38. The van der Waals surface area contributed by atoms with Gasteiger partial charge in [-0.2, -0.15) is 0 Å². The lowest BCUT2D eigenvalue weighted by atomic mass is 10.6. The lowest BCUT2D eigenvalue weighted by Gasteiger charge is -2.31. The van der Waals surface area contributed by atoms with Gasteiger partial charge in [0.05, 0.1) is 0 Å². The number of allylic oxidation sites excluding steroid dienone is 2. The molecule has 0 rings (SSSR count). The topological polar surface area (TPSA) is 55.4 Å². The monoisotopic (exact) mass is 296 g/mol. The van der Waals surface area contributed by atoms with Crippen LogP contribution in [-0.4, -0.2) is 60.3 Å². The van der Waals surface area contributed by atoms with Crippen LogP contribution >= 0.6 is 0 Å². The van der Waals surface area contributed by atoms with Crippen molar-refractivity contribution in [3.05, 3.63) is 11.3 Å². The van der Waals surface area contributed by atoms with E-state index < -0.39 is 17.6 Å². The lowest BCUT2D eigenvalue weighted by Crippen LogP contribution is -2.51. The molecule has 0 spiro atoms. The Labute approximate surface area is 112 Å². The van der Waals surface area contributed by atoms with E-state index in [1.165, 1.54) is 0 Å². The molecule has 0 fully saturated rings. The first-order chi connectivity index (χ1) is 8.53. The van der Waals surface area contributed by atoms with E-state index in [9.17, 15) is 0 Å². The number of hydrogen-bond donors (Lipinski definition) is 0. The number of hydrogen-bond acceptors (Lipinski definition) is 6. The predicted molar refractivity (Wildman–Crippen MR) is 72.1 cm³/mol. The van der Waals surface area contributed by atoms with Crippen molar-refractivity contribution < 1.29 is 26.6 Å². The van der Waals surface area contributed by atoms with Crippen molar-refractivity contribution in [1.82, 2.24) is 0 Å². The molecule has 0 aliphatic carbocycles. The zero-order valence-corrected chi connectivity index (χ0v) is 14.2. The van der Waals surface area contributed by atoms with Crippen LogP contribution in [0.5, 0.6) is 0 Å². The highest BCUT2D eigenvalue weighted by Crippen LogP contribution is 2.27. The Morgan fingerprint density at radius 1 is 0.778 bits per heavy atom. The van der Waals surface area contributed by atoms with E-state index in [-0.39, 0.29) is 0 Å². The zero-order valence-electron chi connectivity index (χ0n) is 12.2. The molecule has 0 amide bonds. The third-order valence-corrected chi connectivity index (χ3v) is 8.79. The molecule has 0 aromatic carbocycles. The summed E-state index contributed by atoms with van der Waals surface area (Å²) in [6.07, 6.45) is 1.90. The van der Waals surface area contributed by atoms with Crippen molar-refractivity contribution in [1.29, 1.82) is 0 Å².